The summed E-state index contributed by atoms with van der Waals surface area (Å²) in [5.41, 5.74) is 23.4. The SMILES string of the molecule is c1ccc(-c2cccc(N(c3ccc4c5c(c6ccccc6c4c3)-c3cc(N(c4cccc(-c6ccccc6)c4)c4cccc6c4oc4ccccc46)c4ccccc4c3C53c4ccccc4-c4ccccc43)c3cccc4c3oc3ccccc34)c2)cc1. The summed E-state index contributed by atoms with van der Waals surface area (Å²) in [4.78, 5) is 4.88. The van der Waals surface area contributed by atoms with Crippen molar-refractivity contribution in [1.29, 1.82) is 0 Å². The smallest absolute Gasteiger partial charge is 0.159 e. The van der Waals surface area contributed by atoms with Crippen molar-refractivity contribution in [3.05, 3.63) is 338 Å². The highest BCUT2D eigenvalue weighted by Gasteiger charge is 2.54. The van der Waals surface area contributed by atoms with Gasteiger partial charge in [-0.2, -0.15) is 0 Å². The van der Waals surface area contributed by atoms with Gasteiger partial charge in [-0.15, -0.1) is 0 Å². The molecule has 0 aliphatic heterocycles. The minimum Gasteiger partial charge on any atom is -0.454 e. The van der Waals surface area contributed by atoms with Gasteiger partial charge in [-0.1, -0.05) is 249 Å². The molecule has 414 valence electrons. The predicted octanol–water partition coefficient (Wildman–Crippen LogP) is 23.6. The van der Waals surface area contributed by atoms with Crippen LogP contribution in [0.15, 0.2) is 324 Å². The molecular weight excluding hydrogens is 1080 g/mol. The Kier molecular flexibility index (Phi) is 10.7. The summed E-state index contributed by atoms with van der Waals surface area (Å²) < 4.78 is 14.0. The van der Waals surface area contributed by atoms with Crippen LogP contribution >= 0.6 is 0 Å². The molecule has 0 saturated carbocycles. The lowest BCUT2D eigenvalue weighted by Crippen LogP contribution is -2.27. The lowest BCUT2D eigenvalue weighted by molar-refractivity contribution is 0.668. The van der Waals surface area contributed by atoms with Gasteiger partial charge in [0.15, 0.2) is 11.2 Å². The molecule has 4 nitrogen and oxygen atoms in total. The monoisotopic (exact) mass is 1130 g/mol. The van der Waals surface area contributed by atoms with Crippen LogP contribution in [0.4, 0.5) is 34.1 Å². The number of fused-ring (bicyclic) bond motifs is 23. The van der Waals surface area contributed by atoms with Crippen molar-refractivity contribution in [2.45, 2.75) is 5.41 Å². The van der Waals surface area contributed by atoms with Crippen molar-refractivity contribution in [2.75, 3.05) is 9.80 Å². The quantitative estimate of drug-likeness (QED) is 0.142. The van der Waals surface area contributed by atoms with Gasteiger partial charge in [-0.3, -0.25) is 0 Å². The highest BCUT2D eigenvalue weighted by molar-refractivity contribution is 6.24. The number of hydrogen-bond acceptors (Lipinski definition) is 4. The number of rotatable bonds is 8. The molecule has 1 spiro atoms. The van der Waals surface area contributed by atoms with Gasteiger partial charge in [0.1, 0.15) is 11.2 Å². The average molecular weight is 1130 g/mol. The van der Waals surface area contributed by atoms with Gasteiger partial charge in [0.2, 0.25) is 0 Å². The molecule has 0 atom stereocenters. The van der Waals surface area contributed by atoms with Crippen LogP contribution in [0.1, 0.15) is 22.3 Å². The predicted molar refractivity (Wildman–Crippen MR) is 370 cm³/mol. The first kappa shape index (κ1) is 49.5. The summed E-state index contributed by atoms with van der Waals surface area (Å²) in [6.45, 7) is 0. The number of anilines is 6. The van der Waals surface area contributed by atoms with Crippen LogP contribution in [0.25, 0.3) is 121 Å². The van der Waals surface area contributed by atoms with E-state index >= 15 is 0 Å². The Bertz CT molecular complexity index is 5730. The number of benzene rings is 15. The molecule has 0 amide bonds. The summed E-state index contributed by atoms with van der Waals surface area (Å²) in [6, 6.07) is 116. The average Bonchev–Trinajstić information content (AvgIpc) is 1.50. The normalized spacial score (nSPS) is 12.8. The van der Waals surface area contributed by atoms with Crippen LogP contribution in [0.2, 0.25) is 0 Å². The standard InChI is InChI=1S/C85H52N2O2/c1-3-23-53(24-4-1)55-27-19-29-57(49-55)86(75-43-21-39-69-64-35-13-17-45-78(64)88-83(69)75)59-47-48-68-71(51-59)60-31-7-9-37-66(60)80-72-52-77(63-34-8-10-38-67(63)81(72)85(82(68)80)73-41-15-11-32-61(73)62-33-12-16-42-74(62)85)87(58-30-20-28-56(50-58)54-25-5-2-6-26-54)76-44-22-40-70-65-36-14-18-46-79(65)89-84(70)76/h1-52H. The Labute approximate surface area is 513 Å². The van der Waals surface area contributed by atoms with Crippen molar-refractivity contribution < 1.29 is 8.83 Å². The third-order valence-electron chi connectivity index (χ3n) is 19.2. The third-order valence-corrected chi connectivity index (χ3v) is 19.2. The molecule has 0 radical (unpaired) electrons. The molecule has 0 N–H and O–H groups in total. The second-order valence-electron chi connectivity index (χ2n) is 23.7. The fourth-order valence-electron chi connectivity index (χ4n) is 15.6. The maximum Gasteiger partial charge on any atom is 0.159 e. The molecule has 0 saturated heterocycles. The Morgan fingerprint density at radius 2 is 0.674 bits per heavy atom. The van der Waals surface area contributed by atoms with E-state index in [4.69, 9.17) is 8.83 Å². The van der Waals surface area contributed by atoms with Crippen molar-refractivity contribution in [1.82, 2.24) is 0 Å². The molecule has 0 unspecified atom stereocenters. The zero-order valence-corrected chi connectivity index (χ0v) is 48.2. The van der Waals surface area contributed by atoms with Gasteiger partial charge in [0.25, 0.3) is 0 Å². The van der Waals surface area contributed by atoms with E-state index in [1.54, 1.807) is 0 Å². The van der Waals surface area contributed by atoms with Crippen LogP contribution in [0.3, 0.4) is 0 Å². The largest absolute Gasteiger partial charge is 0.454 e. The highest BCUT2D eigenvalue weighted by atomic mass is 16.3. The van der Waals surface area contributed by atoms with Gasteiger partial charge in [0, 0.05) is 44.0 Å². The van der Waals surface area contributed by atoms with Crippen LogP contribution < -0.4 is 9.80 Å². The van der Waals surface area contributed by atoms with Gasteiger partial charge < -0.3 is 18.6 Å². The van der Waals surface area contributed by atoms with Gasteiger partial charge >= 0.3 is 0 Å². The van der Waals surface area contributed by atoms with Crippen molar-refractivity contribution >= 4 is 110 Å². The fourth-order valence-corrected chi connectivity index (χ4v) is 15.6. The summed E-state index contributed by atoms with van der Waals surface area (Å²) >= 11 is 0. The molecule has 2 aliphatic rings. The van der Waals surface area contributed by atoms with E-state index < -0.39 is 5.41 Å². The van der Waals surface area contributed by atoms with E-state index in [-0.39, 0.29) is 0 Å². The number of para-hydroxylation sites is 4. The molecule has 15 aromatic carbocycles. The van der Waals surface area contributed by atoms with Gasteiger partial charge in [0.05, 0.1) is 22.5 Å². The van der Waals surface area contributed by atoms with E-state index in [9.17, 15) is 0 Å². The maximum absolute atomic E-state index is 7.04. The van der Waals surface area contributed by atoms with Crippen molar-refractivity contribution in [3.63, 3.8) is 0 Å². The van der Waals surface area contributed by atoms with E-state index in [1.165, 1.54) is 71.4 Å². The fraction of sp³-hybridized carbons (Fsp3) is 0.0118. The van der Waals surface area contributed by atoms with Crippen LogP contribution in [-0.4, -0.2) is 0 Å². The molecule has 2 aromatic heterocycles. The molecule has 2 heterocycles. The third kappa shape index (κ3) is 7.11. The van der Waals surface area contributed by atoms with Crippen LogP contribution in [0.5, 0.6) is 0 Å². The molecule has 2 aliphatic carbocycles. The van der Waals surface area contributed by atoms with Gasteiger partial charge in [-0.05, 0) is 160 Å². The Hall–Kier alpha value is -11.7. The van der Waals surface area contributed by atoms with E-state index in [0.29, 0.717) is 0 Å². The first-order valence-corrected chi connectivity index (χ1v) is 30.6. The van der Waals surface area contributed by atoms with E-state index in [1.807, 2.05) is 0 Å². The van der Waals surface area contributed by atoms with E-state index in [0.717, 1.165) is 106 Å². The molecule has 0 bridgehead atoms. The van der Waals surface area contributed by atoms with Crippen molar-refractivity contribution in [2.24, 2.45) is 0 Å². The van der Waals surface area contributed by atoms with E-state index in [2.05, 4.69) is 325 Å². The number of hydrogen-bond donors (Lipinski definition) is 0. The zero-order chi connectivity index (χ0) is 58.3. The molecule has 89 heavy (non-hydrogen) atoms. The topological polar surface area (TPSA) is 32.8 Å². The lowest BCUT2D eigenvalue weighted by Gasteiger charge is -2.34. The molecule has 19 rings (SSSR count). The number of furan rings is 2. The summed E-state index contributed by atoms with van der Waals surface area (Å²) in [5, 5.41) is 11.4. The first-order chi connectivity index (χ1) is 44.2. The highest BCUT2D eigenvalue weighted by Crippen LogP contribution is 2.68. The molecular formula is C85H52N2O2. The molecule has 4 heteroatoms. The minimum atomic E-state index is -0.736. The van der Waals surface area contributed by atoms with Crippen LogP contribution in [0, 0.1) is 0 Å². The molecule has 17 aromatic rings. The Morgan fingerprint density at radius 1 is 0.236 bits per heavy atom. The number of nitrogens with zero attached hydrogens (tertiary/aromatic N) is 2. The first-order valence-electron chi connectivity index (χ1n) is 30.6. The second kappa shape index (κ2) is 19.1. The summed E-state index contributed by atoms with van der Waals surface area (Å²) in [5.74, 6) is 0. The van der Waals surface area contributed by atoms with Crippen molar-refractivity contribution in [3.8, 4) is 44.5 Å². The van der Waals surface area contributed by atoms with Crippen LogP contribution in [-0.2, 0) is 5.41 Å². The molecule has 0 fully saturated rings. The van der Waals surface area contributed by atoms with Gasteiger partial charge in [-0.25, -0.2) is 0 Å². The maximum atomic E-state index is 7.04. The zero-order valence-electron chi connectivity index (χ0n) is 48.2. The lowest BCUT2D eigenvalue weighted by atomic mass is 9.68. The summed E-state index contributed by atoms with van der Waals surface area (Å²) in [6.07, 6.45) is 0. The second-order valence-corrected chi connectivity index (χ2v) is 23.7. The Balaban J connectivity index is 0.931. The summed E-state index contributed by atoms with van der Waals surface area (Å²) in [7, 11) is 0. The minimum absolute atomic E-state index is 0.736. The Morgan fingerprint density at radius 3 is 1.28 bits per heavy atom.